The molecule has 2 aromatic carbocycles. The van der Waals surface area contributed by atoms with E-state index >= 15 is 0 Å². The molecule has 0 spiro atoms. The van der Waals surface area contributed by atoms with Crippen molar-refractivity contribution in [3.05, 3.63) is 53.1 Å². The Balaban J connectivity index is 1.44. The van der Waals surface area contributed by atoms with Gasteiger partial charge in [0.2, 0.25) is 0 Å². The number of nitrogens with one attached hydrogen (secondary N) is 1. The fraction of sp³-hybridized carbons (Fsp3) is 0.333. The lowest BCUT2D eigenvalue weighted by molar-refractivity contribution is -0.143. The van der Waals surface area contributed by atoms with E-state index in [0.717, 1.165) is 17.7 Å². The summed E-state index contributed by atoms with van der Waals surface area (Å²) >= 11 is 0. The van der Waals surface area contributed by atoms with Crippen LogP contribution in [-0.2, 0) is 32.6 Å². The number of aliphatic imine (C=N–C) groups is 1. The highest BCUT2D eigenvalue weighted by Gasteiger charge is 2.30. The highest BCUT2D eigenvalue weighted by atomic mass is 32.2. The van der Waals surface area contributed by atoms with E-state index in [2.05, 4.69) is 9.71 Å². The molecule has 0 saturated carbocycles. The third-order valence-electron chi connectivity index (χ3n) is 4.80. The Hall–Kier alpha value is -3.07. The molecule has 0 saturated heterocycles. The summed E-state index contributed by atoms with van der Waals surface area (Å²) in [6, 6.07) is 10.2. The first-order chi connectivity index (χ1) is 14.4. The number of fused-ring (bicyclic) bond motifs is 2. The molecule has 2 aliphatic heterocycles. The highest BCUT2D eigenvalue weighted by Crippen LogP contribution is 2.35. The maximum absolute atomic E-state index is 12.2. The summed E-state index contributed by atoms with van der Waals surface area (Å²) in [5.41, 5.74) is 2.21. The maximum Gasteiger partial charge on any atom is 0.328 e. The Morgan fingerprint density at radius 2 is 2.10 bits per heavy atom. The molecule has 2 aliphatic rings. The lowest BCUT2D eigenvalue weighted by atomic mass is 10.1. The van der Waals surface area contributed by atoms with Gasteiger partial charge in [0.1, 0.15) is 36.6 Å². The standard InChI is InChI=1S/C21H22N2O6S/c1-3-27-17-9-14-8-13(2)29-18(14)10-15(17)12-28-20(24)11-22-21-16-6-4-5-7-19(16)30(25,26)23-21/h4-7,9-10,13H,3,8,11-12H2,1-2H3,(H,22,23). The Morgan fingerprint density at radius 1 is 1.30 bits per heavy atom. The van der Waals surface area contributed by atoms with Crippen LogP contribution in [0.1, 0.15) is 30.5 Å². The molecule has 0 aliphatic carbocycles. The molecule has 0 fully saturated rings. The van der Waals surface area contributed by atoms with E-state index in [0.29, 0.717) is 23.5 Å². The van der Waals surface area contributed by atoms with Gasteiger partial charge in [0.25, 0.3) is 10.0 Å². The van der Waals surface area contributed by atoms with Gasteiger partial charge in [0, 0.05) is 23.1 Å². The van der Waals surface area contributed by atoms with E-state index in [-0.39, 0.29) is 30.0 Å². The zero-order chi connectivity index (χ0) is 21.3. The zero-order valence-corrected chi connectivity index (χ0v) is 17.5. The van der Waals surface area contributed by atoms with Crippen molar-refractivity contribution in [1.29, 1.82) is 0 Å². The molecule has 0 bridgehead atoms. The molecule has 8 nitrogen and oxygen atoms in total. The van der Waals surface area contributed by atoms with E-state index < -0.39 is 16.0 Å². The number of sulfonamides is 1. The monoisotopic (exact) mass is 430 g/mol. The van der Waals surface area contributed by atoms with Crippen LogP contribution < -0.4 is 14.2 Å². The van der Waals surface area contributed by atoms with E-state index in [1.165, 1.54) is 6.07 Å². The molecule has 158 valence electrons. The van der Waals surface area contributed by atoms with Crippen LogP contribution in [-0.4, -0.2) is 39.5 Å². The second-order valence-electron chi connectivity index (χ2n) is 7.06. The molecule has 1 atom stereocenters. The lowest BCUT2D eigenvalue weighted by Crippen LogP contribution is -2.23. The Morgan fingerprint density at radius 3 is 2.90 bits per heavy atom. The number of amidine groups is 1. The van der Waals surface area contributed by atoms with Gasteiger partial charge in [-0.25, -0.2) is 8.42 Å². The van der Waals surface area contributed by atoms with Gasteiger partial charge in [-0.05, 0) is 38.1 Å². The molecule has 1 N–H and O–H groups in total. The van der Waals surface area contributed by atoms with E-state index in [1.54, 1.807) is 18.2 Å². The van der Waals surface area contributed by atoms with Crippen LogP contribution >= 0.6 is 0 Å². The van der Waals surface area contributed by atoms with Crippen LogP contribution in [0.4, 0.5) is 0 Å². The first kappa shape index (κ1) is 20.2. The predicted octanol–water partition coefficient (Wildman–Crippen LogP) is 2.19. The molecule has 0 aromatic heterocycles. The zero-order valence-electron chi connectivity index (χ0n) is 16.7. The smallest absolute Gasteiger partial charge is 0.328 e. The summed E-state index contributed by atoms with van der Waals surface area (Å²) in [5, 5.41) is 0. The number of carbonyl (C=O) groups is 1. The van der Waals surface area contributed by atoms with Crippen LogP contribution in [0.2, 0.25) is 0 Å². The van der Waals surface area contributed by atoms with Gasteiger partial charge in [-0.2, -0.15) is 0 Å². The fourth-order valence-corrected chi connectivity index (χ4v) is 4.73. The largest absolute Gasteiger partial charge is 0.493 e. The number of rotatable bonds is 6. The summed E-state index contributed by atoms with van der Waals surface area (Å²) in [6.07, 6.45) is 0.908. The lowest BCUT2D eigenvalue weighted by Gasteiger charge is -2.12. The molecule has 1 unspecified atom stereocenters. The summed E-state index contributed by atoms with van der Waals surface area (Å²) in [6.45, 7) is 4.07. The van der Waals surface area contributed by atoms with Crippen molar-refractivity contribution in [3.8, 4) is 11.5 Å². The summed E-state index contributed by atoms with van der Waals surface area (Å²) in [4.78, 5) is 16.5. The minimum atomic E-state index is -3.64. The summed E-state index contributed by atoms with van der Waals surface area (Å²) in [5.74, 6) is 0.987. The van der Waals surface area contributed by atoms with Gasteiger partial charge in [-0.15, -0.1) is 0 Å². The fourth-order valence-electron chi connectivity index (χ4n) is 3.48. The van der Waals surface area contributed by atoms with Gasteiger partial charge in [0.15, 0.2) is 0 Å². The Labute approximate surface area is 174 Å². The van der Waals surface area contributed by atoms with E-state index in [4.69, 9.17) is 14.2 Å². The second kappa shape index (κ2) is 7.98. The Bertz CT molecular complexity index is 1130. The molecule has 4 rings (SSSR count). The molecule has 0 radical (unpaired) electrons. The van der Waals surface area contributed by atoms with Crippen molar-refractivity contribution in [2.75, 3.05) is 13.2 Å². The molecule has 9 heteroatoms. The minimum Gasteiger partial charge on any atom is -0.493 e. The molecule has 2 aromatic rings. The van der Waals surface area contributed by atoms with Gasteiger partial charge in [-0.3, -0.25) is 14.5 Å². The number of benzene rings is 2. The van der Waals surface area contributed by atoms with E-state index in [9.17, 15) is 13.2 Å². The number of esters is 1. The third kappa shape index (κ3) is 3.97. The van der Waals surface area contributed by atoms with Gasteiger partial charge >= 0.3 is 5.97 Å². The minimum absolute atomic E-state index is 0.00630. The first-order valence-corrected chi connectivity index (χ1v) is 11.1. The van der Waals surface area contributed by atoms with Gasteiger partial charge < -0.3 is 14.2 Å². The highest BCUT2D eigenvalue weighted by molar-refractivity contribution is 7.90. The van der Waals surface area contributed by atoms with Gasteiger partial charge in [-0.1, -0.05) is 12.1 Å². The average Bonchev–Trinajstić information content (AvgIpc) is 3.20. The molecular formula is C21H22N2O6S. The average molecular weight is 430 g/mol. The van der Waals surface area contributed by atoms with Crippen LogP contribution in [0.3, 0.4) is 0 Å². The first-order valence-electron chi connectivity index (χ1n) is 9.65. The molecular weight excluding hydrogens is 408 g/mol. The van der Waals surface area contributed by atoms with E-state index in [1.807, 2.05) is 26.0 Å². The van der Waals surface area contributed by atoms with Crippen LogP contribution in [0.15, 0.2) is 46.3 Å². The number of hydrogen-bond acceptors (Lipinski definition) is 7. The van der Waals surface area contributed by atoms with Crippen molar-refractivity contribution in [2.24, 2.45) is 4.99 Å². The Kier molecular flexibility index (Phi) is 5.38. The van der Waals surface area contributed by atoms with Crippen LogP contribution in [0.25, 0.3) is 0 Å². The summed E-state index contributed by atoms with van der Waals surface area (Å²) < 4.78 is 43.4. The predicted molar refractivity (Wildman–Crippen MR) is 109 cm³/mol. The van der Waals surface area contributed by atoms with Crippen molar-refractivity contribution in [1.82, 2.24) is 4.72 Å². The summed E-state index contributed by atoms with van der Waals surface area (Å²) in [7, 11) is -3.64. The van der Waals surface area contributed by atoms with Crippen molar-refractivity contribution in [3.63, 3.8) is 0 Å². The van der Waals surface area contributed by atoms with Crippen molar-refractivity contribution >= 4 is 21.8 Å². The quantitative estimate of drug-likeness (QED) is 0.705. The third-order valence-corrected chi connectivity index (χ3v) is 6.19. The number of carbonyl (C=O) groups excluding carboxylic acids is 1. The SMILES string of the molecule is CCOc1cc2c(cc1COC(=O)CN=C1NS(=O)(=O)c3ccccc31)OC(C)C2. The maximum atomic E-state index is 12.2. The molecule has 30 heavy (non-hydrogen) atoms. The van der Waals surface area contributed by atoms with Gasteiger partial charge in [0.05, 0.1) is 11.5 Å². The number of ether oxygens (including phenoxy) is 3. The second-order valence-corrected chi connectivity index (χ2v) is 8.71. The molecule has 2 heterocycles. The number of nitrogens with zero attached hydrogens (tertiary/aromatic N) is 1. The van der Waals surface area contributed by atoms with Crippen LogP contribution in [0, 0.1) is 0 Å². The van der Waals surface area contributed by atoms with Crippen molar-refractivity contribution < 1.29 is 27.4 Å². The topological polar surface area (TPSA) is 103 Å². The normalized spacial score (nSPS) is 19.5. The van der Waals surface area contributed by atoms with Crippen molar-refractivity contribution in [2.45, 2.75) is 37.9 Å². The molecule has 0 amide bonds. The number of hydrogen-bond donors (Lipinski definition) is 1. The van der Waals surface area contributed by atoms with Crippen LogP contribution in [0.5, 0.6) is 11.5 Å².